The van der Waals surface area contributed by atoms with E-state index in [0.717, 1.165) is 63.9 Å². The average Bonchev–Trinajstić information content (AvgIpc) is 2.80. The van der Waals surface area contributed by atoms with Gasteiger partial charge in [0, 0.05) is 72.9 Å². The van der Waals surface area contributed by atoms with E-state index in [0.29, 0.717) is 19.8 Å². The first-order valence-electron chi connectivity index (χ1n) is 11.1. The van der Waals surface area contributed by atoms with Gasteiger partial charge in [0.05, 0.1) is 19.3 Å². The summed E-state index contributed by atoms with van der Waals surface area (Å²) in [5, 5.41) is 6.81. The van der Waals surface area contributed by atoms with Crippen LogP contribution in [-0.4, -0.2) is 106 Å². The minimum absolute atomic E-state index is 0.114. The van der Waals surface area contributed by atoms with Crippen molar-refractivity contribution >= 4 is 11.9 Å². The summed E-state index contributed by atoms with van der Waals surface area (Å²) in [4.78, 5) is 22.4. The van der Waals surface area contributed by atoms with Gasteiger partial charge in [0.15, 0.2) is 5.96 Å². The number of nitrogens with one attached hydrogen (secondary N) is 2. The van der Waals surface area contributed by atoms with Crippen molar-refractivity contribution in [3.63, 3.8) is 0 Å². The van der Waals surface area contributed by atoms with E-state index in [1.54, 1.807) is 14.0 Å². The number of guanidine groups is 1. The molecule has 0 aromatic heterocycles. The Balaban J connectivity index is 1.47. The Kier molecular flexibility index (Phi) is 9.05. The fourth-order valence-corrected chi connectivity index (χ4v) is 4.06. The van der Waals surface area contributed by atoms with Gasteiger partial charge in [0.1, 0.15) is 5.82 Å². The van der Waals surface area contributed by atoms with Crippen molar-refractivity contribution in [1.29, 1.82) is 0 Å². The molecule has 0 radical (unpaired) electrons. The van der Waals surface area contributed by atoms with Crippen LogP contribution in [0.15, 0.2) is 29.3 Å². The Morgan fingerprint density at radius 3 is 2.39 bits per heavy atom. The molecule has 2 fully saturated rings. The molecule has 2 N–H and O–H groups in total. The largest absolute Gasteiger partial charge is 0.379 e. The maximum absolute atomic E-state index is 13.4. The quantitative estimate of drug-likeness (QED) is 0.482. The second kappa shape index (κ2) is 12.0. The van der Waals surface area contributed by atoms with Gasteiger partial charge >= 0.3 is 0 Å². The number of amides is 1. The van der Waals surface area contributed by atoms with Crippen molar-refractivity contribution < 1.29 is 13.9 Å². The molecule has 1 amide bonds. The van der Waals surface area contributed by atoms with Gasteiger partial charge in [-0.25, -0.2) is 4.39 Å². The minimum atomic E-state index is -0.223. The van der Waals surface area contributed by atoms with E-state index in [-0.39, 0.29) is 17.8 Å². The highest BCUT2D eigenvalue weighted by molar-refractivity contribution is 5.79. The first-order valence-corrected chi connectivity index (χ1v) is 11.1. The molecule has 3 rings (SSSR count). The van der Waals surface area contributed by atoms with Crippen LogP contribution in [0.1, 0.15) is 18.5 Å². The minimum Gasteiger partial charge on any atom is -0.379 e. The number of halogens is 1. The van der Waals surface area contributed by atoms with Gasteiger partial charge in [-0.15, -0.1) is 0 Å². The number of nitrogens with zero attached hydrogens (tertiary/aromatic N) is 4. The first kappa shape index (κ1) is 23.4. The van der Waals surface area contributed by atoms with E-state index in [1.807, 2.05) is 17.0 Å². The summed E-state index contributed by atoms with van der Waals surface area (Å²) in [5.41, 5.74) is 1.08. The third-order valence-corrected chi connectivity index (χ3v) is 5.97. The number of rotatable bonds is 7. The van der Waals surface area contributed by atoms with E-state index < -0.39 is 0 Å². The van der Waals surface area contributed by atoms with E-state index in [9.17, 15) is 9.18 Å². The SMILES string of the molecule is CN=C(NCCN1CCN(C(C)=O)CC1)NCC(c1ccc(F)cc1)N1CCOCC1. The molecular formula is C22H35FN6O2. The number of piperazine rings is 1. The molecule has 0 bridgehead atoms. The maximum Gasteiger partial charge on any atom is 0.219 e. The molecule has 2 aliphatic heterocycles. The molecule has 31 heavy (non-hydrogen) atoms. The standard InChI is InChI=1S/C22H35FN6O2/c1-18(30)28-11-9-27(10-12-28)8-7-25-22(24-2)26-17-21(29-13-15-31-16-14-29)19-3-5-20(23)6-4-19/h3-6,21H,7-17H2,1-2H3,(H2,24,25,26). The monoisotopic (exact) mass is 434 g/mol. The molecule has 1 unspecified atom stereocenters. The lowest BCUT2D eigenvalue weighted by Crippen LogP contribution is -2.51. The van der Waals surface area contributed by atoms with Crippen molar-refractivity contribution in [3.05, 3.63) is 35.6 Å². The zero-order valence-corrected chi connectivity index (χ0v) is 18.6. The number of carbonyl (C=O) groups excluding carboxylic acids is 1. The lowest BCUT2D eigenvalue weighted by molar-refractivity contribution is -0.130. The Bertz CT molecular complexity index is 715. The van der Waals surface area contributed by atoms with Crippen LogP contribution in [0.25, 0.3) is 0 Å². The van der Waals surface area contributed by atoms with E-state index in [2.05, 4.69) is 25.4 Å². The normalized spacial score (nSPS) is 19.8. The molecule has 0 saturated carbocycles. The maximum atomic E-state index is 13.4. The van der Waals surface area contributed by atoms with E-state index in [4.69, 9.17) is 4.74 Å². The Morgan fingerprint density at radius 1 is 1.10 bits per heavy atom. The van der Waals surface area contributed by atoms with Crippen LogP contribution in [0.3, 0.4) is 0 Å². The number of ether oxygens (including phenoxy) is 1. The fourth-order valence-electron chi connectivity index (χ4n) is 4.06. The highest BCUT2D eigenvalue weighted by Crippen LogP contribution is 2.21. The summed E-state index contributed by atoms with van der Waals surface area (Å²) in [6.45, 7) is 10.5. The molecule has 2 heterocycles. The van der Waals surface area contributed by atoms with Crippen LogP contribution < -0.4 is 10.6 Å². The summed E-state index contributed by atoms with van der Waals surface area (Å²) in [6.07, 6.45) is 0. The van der Waals surface area contributed by atoms with E-state index >= 15 is 0 Å². The van der Waals surface area contributed by atoms with Crippen LogP contribution in [0.2, 0.25) is 0 Å². The summed E-state index contributed by atoms with van der Waals surface area (Å²) in [6, 6.07) is 6.86. The number of hydrogen-bond donors (Lipinski definition) is 2. The highest BCUT2D eigenvalue weighted by Gasteiger charge is 2.23. The van der Waals surface area contributed by atoms with Crippen molar-refractivity contribution in [3.8, 4) is 0 Å². The second-order valence-electron chi connectivity index (χ2n) is 7.94. The van der Waals surface area contributed by atoms with Gasteiger partial charge in [-0.3, -0.25) is 19.6 Å². The Morgan fingerprint density at radius 2 is 1.77 bits per heavy atom. The predicted molar refractivity (Wildman–Crippen MR) is 120 cm³/mol. The number of aliphatic imine (C=N–C) groups is 1. The lowest BCUT2D eigenvalue weighted by Gasteiger charge is -2.35. The van der Waals surface area contributed by atoms with E-state index in [1.165, 1.54) is 12.1 Å². The molecule has 1 aromatic rings. The summed E-state index contributed by atoms with van der Waals surface area (Å²) < 4.78 is 18.9. The zero-order chi connectivity index (χ0) is 22.1. The molecule has 2 aliphatic rings. The topological polar surface area (TPSA) is 72.4 Å². The number of carbonyl (C=O) groups is 1. The van der Waals surface area contributed by atoms with Gasteiger partial charge in [0.2, 0.25) is 5.91 Å². The summed E-state index contributed by atoms with van der Waals surface area (Å²) in [5.74, 6) is 0.681. The third-order valence-electron chi connectivity index (χ3n) is 5.97. The lowest BCUT2D eigenvalue weighted by atomic mass is 10.0. The molecular weight excluding hydrogens is 399 g/mol. The molecule has 0 spiro atoms. The number of morpholine rings is 1. The van der Waals surface area contributed by atoms with Gasteiger partial charge < -0.3 is 20.3 Å². The van der Waals surface area contributed by atoms with Crippen molar-refractivity contribution in [1.82, 2.24) is 25.3 Å². The number of benzene rings is 1. The summed E-state index contributed by atoms with van der Waals surface area (Å²) in [7, 11) is 1.77. The van der Waals surface area contributed by atoms with Crippen LogP contribution in [0.4, 0.5) is 4.39 Å². The van der Waals surface area contributed by atoms with Gasteiger partial charge in [-0.2, -0.15) is 0 Å². The van der Waals surface area contributed by atoms with Gasteiger partial charge in [0.25, 0.3) is 0 Å². The van der Waals surface area contributed by atoms with Crippen LogP contribution in [0, 0.1) is 5.82 Å². The van der Waals surface area contributed by atoms with Crippen LogP contribution in [0.5, 0.6) is 0 Å². The smallest absolute Gasteiger partial charge is 0.219 e. The second-order valence-corrected chi connectivity index (χ2v) is 7.94. The molecule has 172 valence electrons. The first-order chi connectivity index (χ1) is 15.1. The molecule has 1 aromatic carbocycles. The number of hydrogen-bond acceptors (Lipinski definition) is 5. The Labute approximate surface area is 184 Å². The predicted octanol–water partition coefficient (Wildman–Crippen LogP) is 0.528. The molecule has 2 saturated heterocycles. The fraction of sp³-hybridized carbons (Fsp3) is 0.636. The van der Waals surface area contributed by atoms with Crippen LogP contribution >= 0.6 is 0 Å². The van der Waals surface area contributed by atoms with Crippen molar-refractivity contribution in [2.24, 2.45) is 4.99 Å². The average molecular weight is 435 g/mol. The highest BCUT2D eigenvalue weighted by atomic mass is 19.1. The van der Waals surface area contributed by atoms with Gasteiger partial charge in [-0.05, 0) is 17.7 Å². The van der Waals surface area contributed by atoms with Gasteiger partial charge in [-0.1, -0.05) is 12.1 Å². The molecule has 8 nitrogen and oxygen atoms in total. The molecule has 9 heteroatoms. The Hall–Kier alpha value is -2.23. The molecule has 0 aliphatic carbocycles. The van der Waals surface area contributed by atoms with Crippen LogP contribution in [-0.2, 0) is 9.53 Å². The molecule has 1 atom stereocenters. The van der Waals surface area contributed by atoms with Crippen molar-refractivity contribution in [2.45, 2.75) is 13.0 Å². The third kappa shape index (κ3) is 7.15. The zero-order valence-electron chi connectivity index (χ0n) is 18.6. The summed E-state index contributed by atoms with van der Waals surface area (Å²) >= 11 is 0. The van der Waals surface area contributed by atoms with Crippen molar-refractivity contribution in [2.75, 3.05) is 79.2 Å².